The van der Waals surface area contributed by atoms with Gasteiger partial charge in [0.2, 0.25) is 11.9 Å². The van der Waals surface area contributed by atoms with E-state index < -0.39 is 0 Å². The molecule has 1 heterocycles. The Morgan fingerprint density at radius 3 is 2.35 bits per heavy atom. The van der Waals surface area contributed by atoms with Crippen molar-refractivity contribution >= 4 is 22.9 Å². The molecule has 0 saturated carbocycles. The third kappa shape index (κ3) is 2.90. The molecule has 1 amide bonds. The molecule has 0 atom stereocenters. The van der Waals surface area contributed by atoms with Crippen LogP contribution in [-0.2, 0) is 4.79 Å². The molecule has 2 aromatic carbocycles. The molecule has 0 aliphatic carbocycles. The molecule has 1 N–H and O–H groups in total. The molecule has 0 bridgehead atoms. The SMILES string of the molecule is CC(=O)Nc1nnc2cc(-c3c(C)cccc3C)cc(C)c2n1. The summed E-state index contributed by atoms with van der Waals surface area (Å²) in [5.74, 6) is 0.0175. The van der Waals surface area contributed by atoms with Crippen LogP contribution in [-0.4, -0.2) is 21.1 Å². The van der Waals surface area contributed by atoms with E-state index in [2.05, 4.69) is 58.6 Å². The summed E-state index contributed by atoms with van der Waals surface area (Å²) < 4.78 is 0. The van der Waals surface area contributed by atoms with Gasteiger partial charge in [-0.3, -0.25) is 10.1 Å². The number of benzene rings is 2. The van der Waals surface area contributed by atoms with Gasteiger partial charge < -0.3 is 0 Å². The van der Waals surface area contributed by atoms with Crippen LogP contribution < -0.4 is 5.32 Å². The number of nitrogens with one attached hydrogen (secondary N) is 1. The molecule has 0 fully saturated rings. The average Bonchev–Trinajstić information content (AvgIpc) is 2.47. The topological polar surface area (TPSA) is 67.8 Å². The van der Waals surface area contributed by atoms with Crippen molar-refractivity contribution in [3.8, 4) is 11.1 Å². The average molecular weight is 306 g/mol. The third-order valence-electron chi connectivity index (χ3n) is 3.81. The molecule has 0 radical (unpaired) electrons. The number of carbonyl (C=O) groups excluding carboxylic acids is 1. The highest BCUT2D eigenvalue weighted by molar-refractivity contribution is 5.89. The van der Waals surface area contributed by atoms with Crippen molar-refractivity contribution in [2.24, 2.45) is 0 Å². The Balaban J connectivity index is 2.17. The van der Waals surface area contributed by atoms with Gasteiger partial charge >= 0.3 is 0 Å². The Morgan fingerprint density at radius 1 is 1.00 bits per heavy atom. The highest BCUT2D eigenvalue weighted by Gasteiger charge is 2.11. The Hall–Kier alpha value is -2.82. The van der Waals surface area contributed by atoms with E-state index in [1.807, 2.05) is 13.0 Å². The molecule has 1 aromatic heterocycles. The smallest absolute Gasteiger partial charge is 0.249 e. The van der Waals surface area contributed by atoms with Gasteiger partial charge in [-0.05, 0) is 60.7 Å². The standard InChI is InChI=1S/C18H18N4O/c1-10-6-5-7-11(2)16(10)14-8-12(3)17-15(9-14)21-22-18(20-17)19-13(4)23/h5-9H,1-4H3,(H,19,20,22,23). The fourth-order valence-electron chi connectivity index (χ4n) is 2.84. The first-order chi connectivity index (χ1) is 11.0. The predicted molar refractivity (Wildman–Crippen MR) is 91.3 cm³/mol. The van der Waals surface area contributed by atoms with Crippen molar-refractivity contribution < 1.29 is 4.79 Å². The molecule has 3 rings (SSSR count). The molecular formula is C18H18N4O. The van der Waals surface area contributed by atoms with Crippen LogP contribution in [0.15, 0.2) is 30.3 Å². The van der Waals surface area contributed by atoms with Gasteiger partial charge in [-0.15, -0.1) is 10.2 Å². The minimum atomic E-state index is -0.212. The Morgan fingerprint density at radius 2 is 1.70 bits per heavy atom. The molecule has 3 aromatic rings. The number of rotatable bonds is 2. The quantitative estimate of drug-likeness (QED) is 0.786. The van der Waals surface area contributed by atoms with Gasteiger partial charge in [0.15, 0.2) is 0 Å². The maximum Gasteiger partial charge on any atom is 0.249 e. The van der Waals surface area contributed by atoms with Gasteiger partial charge in [-0.2, -0.15) is 0 Å². The number of anilines is 1. The summed E-state index contributed by atoms with van der Waals surface area (Å²) in [4.78, 5) is 15.5. The first-order valence-electron chi connectivity index (χ1n) is 7.45. The molecule has 0 aliphatic heterocycles. The van der Waals surface area contributed by atoms with Crippen molar-refractivity contribution in [1.29, 1.82) is 0 Å². The van der Waals surface area contributed by atoms with Crippen LogP contribution in [0, 0.1) is 20.8 Å². The monoisotopic (exact) mass is 306 g/mol. The van der Waals surface area contributed by atoms with Crippen LogP contribution >= 0.6 is 0 Å². The molecule has 5 nitrogen and oxygen atoms in total. The maximum atomic E-state index is 11.1. The molecule has 23 heavy (non-hydrogen) atoms. The Bertz CT molecular complexity index is 898. The van der Waals surface area contributed by atoms with Crippen LogP contribution in [0.25, 0.3) is 22.2 Å². The number of amides is 1. The molecule has 0 spiro atoms. The van der Waals surface area contributed by atoms with E-state index in [1.54, 1.807) is 0 Å². The number of carbonyl (C=O) groups is 1. The van der Waals surface area contributed by atoms with Crippen molar-refractivity contribution in [2.75, 3.05) is 5.32 Å². The number of aryl methyl sites for hydroxylation is 3. The Kier molecular flexibility index (Phi) is 3.78. The third-order valence-corrected chi connectivity index (χ3v) is 3.81. The lowest BCUT2D eigenvalue weighted by atomic mass is 9.94. The normalized spacial score (nSPS) is 10.8. The first-order valence-corrected chi connectivity index (χ1v) is 7.45. The number of aromatic nitrogens is 3. The van der Waals surface area contributed by atoms with Gasteiger partial charge in [0.1, 0.15) is 5.52 Å². The lowest BCUT2D eigenvalue weighted by Gasteiger charge is -2.12. The molecule has 116 valence electrons. The van der Waals surface area contributed by atoms with Crippen LogP contribution in [0.2, 0.25) is 0 Å². The van der Waals surface area contributed by atoms with E-state index in [-0.39, 0.29) is 11.9 Å². The summed E-state index contributed by atoms with van der Waals surface area (Å²) in [6, 6.07) is 10.4. The van der Waals surface area contributed by atoms with Crippen molar-refractivity contribution in [2.45, 2.75) is 27.7 Å². The number of hydrogen-bond donors (Lipinski definition) is 1. The van der Waals surface area contributed by atoms with Gasteiger partial charge in [0.05, 0.1) is 5.52 Å². The second-order valence-electron chi connectivity index (χ2n) is 5.74. The minimum Gasteiger partial charge on any atom is -0.293 e. The zero-order valence-corrected chi connectivity index (χ0v) is 13.6. The predicted octanol–water partition coefficient (Wildman–Crippen LogP) is 3.58. The number of nitrogens with zero attached hydrogens (tertiary/aromatic N) is 3. The summed E-state index contributed by atoms with van der Waals surface area (Å²) in [6.45, 7) is 7.62. The largest absolute Gasteiger partial charge is 0.293 e. The lowest BCUT2D eigenvalue weighted by molar-refractivity contribution is -0.114. The molecule has 0 unspecified atom stereocenters. The fraction of sp³-hybridized carbons (Fsp3) is 0.222. The van der Waals surface area contributed by atoms with Crippen molar-refractivity contribution in [3.63, 3.8) is 0 Å². The Labute approximate surface area is 134 Å². The summed E-state index contributed by atoms with van der Waals surface area (Å²) in [5.41, 5.74) is 7.23. The zero-order valence-electron chi connectivity index (χ0n) is 13.6. The molecular weight excluding hydrogens is 288 g/mol. The number of hydrogen-bond acceptors (Lipinski definition) is 4. The summed E-state index contributed by atoms with van der Waals surface area (Å²) in [6.07, 6.45) is 0. The minimum absolute atomic E-state index is 0.212. The van der Waals surface area contributed by atoms with E-state index in [0.29, 0.717) is 0 Å². The van der Waals surface area contributed by atoms with Crippen LogP contribution in [0.4, 0.5) is 5.95 Å². The van der Waals surface area contributed by atoms with Crippen molar-refractivity contribution in [3.05, 3.63) is 47.0 Å². The van der Waals surface area contributed by atoms with Gasteiger partial charge in [0.25, 0.3) is 0 Å². The van der Waals surface area contributed by atoms with Gasteiger partial charge in [-0.1, -0.05) is 18.2 Å². The van der Waals surface area contributed by atoms with E-state index in [1.165, 1.54) is 23.6 Å². The van der Waals surface area contributed by atoms with E-state index in [9.17, 15) is 4.79 Å². The lowest BCUT2D eigenvalue weighted by Crippen LogP contribution is -2.10. The van der Waals surface area contributed by atoms with Crippen LogP contribution in [0.3, 0.4) is 0 Å². The molecule has 0 aliphatic rings. The molecule has 0 saturated heterocycles. The van der Waals surface area contributed by atoms with Crippen molar-refractivity contribution in [1.82, 2.24) is 15.2 Å². The zero-order chi connectivity index (χ0) is 16.6. The maximum absolute atomic E-state index is 11.1. The summed E-state index contributed by atoms with van der Waals surface area (Å²) >= 11 is 0. The first kappa shape index (κ1) is 15.1. The van der Waals surface area contributed by atoms with E-state index in [0.717, 1.165) is 22.2 Å². The fourth-order valence-corrected chi connectivity index (χ4v) is 2.84. The van der Waals surface area contributed by atoms with Crippen LogP contribution in [0.1, 0.15) is 23.6 Å². The highest BCUT2D eigenvalue weighted by Crippen LogP contribution is 2.30. The second kappa shape index (κ2) is 5.76. The second-order valence-corrected chi connectivity index (χ2v) is 5.74. The summed E-state index contributed by atoms with van der Waals surface area (Å²) in [7, 11) is 0. The number of fused-ring (bicyclic) bond motifs is 1. The highest BCUT2D eigenvalue weighted by atomic mass is 16.1. The van der Waals surface area contributed by atoms with E-state index in [4.69, 9.17) is 0 Å². The van der Waals surface area contributed by atoms with Crippen LogP contribution in [0.5, 0.6) is 0 Å². The summed E-state index contributed by atoms with van der Waals surface area (Å²) in [5, 5.41) is 10.8. The van der Waals surface area contributed by atoms with E-state index >= 15 is 0 Å². The molecule has 5 heteroatoms. The van der Waals surface area contributed by atoms with Gasteiger partial charge in [0, 0.05) is 6.92 Å². The van der Waals surface area contributed by atoms with Gasteiger partial charge in [-0.25, -0.2) is 4.98 Å².